The average molecular weight is 297 g/mol. The summed E-state index contributed by atoms with van der Waals surface area (Å²) in [6.07, 6.45) is 2.58. The summed E-state index contributed by atoms with van der Waals surface area (Å²) in [6.45, 7) is 6.34. The molecule has 1 aromatic rings. The molecular weight excluding hydrogens is 276 g/mol. The second-order valence-electron chi connectivity index (χ2n) is 5.49. The monoisotopic (exact) mass is 296 g/mol. The van der Waals surface area contributed by atoms with Gasteiger partial charge in [-0.3, -0.25) is 0 Å². The first kappa shape index (κ1) is 15.1. The molecule has 1 heterocycles. The Hall–Kier alpha value is -1.26. The van der Waals surface area contributed by atoms with E-state index in [0.717, 1.165) is 13.1 Å². The van der Waals surface area contributed by atoms with E-state index >= 15 is 0 Å². The van der Waals surface area contributed by atoms with Gasteiger partial charge in [0.2, 0.25) is 0 Å². The summed E-state index contributed by atoms with van der Waals surface area (Å²) in [5.41, 5.74) is 0.862. The van der Waals surface area contributed by atoms with Crippen LogP contribution < -0.4 is 5.32 Å². The van der Waals surface area contributed by atoms with E-state index in [1.807, 2.05) is 0 Å². The van der Waals surface area contributed by atoms with Crippen molar-refractivity contribution < 1.29 is 9.90 Å². The Morgan fingerprint density at radius 2 is 2.15 bits per heavy atom. The lowest BCUT2D eigenvalue weighted by Crippen LogP contribution is -2.29. The Balaban J connectivity index is 1.92. The smallest absolute Gasteiger partial charge is 0.337 e. The van der Waals surface area contributed by atoms with Crippen molar-refractivity contribution in [2.75, 3.05) is 31.5 Å². The lowest BCUT2D eigenvalue weighted by molar-refractivity contribution is 0.0698. The van der Waals surface area contributed by atoms with E-state index in [0.29, 0.717) is 16.6 Å². The molecule has 0 bridgehead atoms. The topological polar surface area (TPSA) is 52.6 Å². The Morgan fingerprint density at radius 3 is 2.80 bits per heavy atom. The van der Waals surface area contributed by atoms with Crippen LogP contribution in [0.15, 0.2) is 18.2 Å². The highest BCUT2D eigenvalue weighted by atomic mass is 35.5. The summed E-state index contributed by atoms with van der Waals surface area (Å²) in [4.78, 5) is 13.6. The zero-order valence-corrected chi connectivity index (χ0v) is 12.5. The van der Waals surface area contributed by atoms with E-state index in [1.165, 1.54) is 32.0 Å². The number of nitrogens with zero attached hydrogens (tertiary/aromatic N) is 1. The van der Waals surface area contributed by atoms with Gasteiger partial charge >= 0.3 is 5.97 Å². The number of carboxylic acids is 1. The standard InChI is InChI=1S/C15H21ClN2O2/c1-11(10-18-6-2-3-7-18)9-17-14-8-12(16)4-5-13(14)15(19)20/h4-5,8,11,17H,2-3,6-7,9-10H2,1H3,(H,19,20). The molecule has 1 aliphatic rings. The number of hydrogen-bond acceptors (Lipinski definition) is 3. The highest BCUT2D eigenvalue weighted by molar-refractivity contribution is 6.31. The summed E-state index contributed by atoms with van der Waals surface area (Å²) in [7, 11) is 0. The molecule has 0 spiro atoms. The first-order valence-corrected chi connectivity index (χ1v) is 7.43. The number of aromatic carboxylic acids is 1. The number of nitrogens with one attached hydrogen (secondary N) is 1. The summed E-state index contributed by atoms with van der Waals surface area (Å²) >= 11 is 5.93. The van der Waals surface area contributed by atoms with E-state index in [2.05, 4.69) is 17.1 Å². The first-order valence-electron chi connectivity index (χ1n) is 7.05. The molecule has 5 heteroatoms. The fourth-order valence-corrected chi connectivity index (χ4v) is 2.78. The molecule has 110 valence electrons. The van der Waals surface area contributed by atoms with Crippen LogP contribution in [0, 0.1) is 5.92 Å². The van der Waals surface area contributed by atoms with Gasteiger partial charge in [0.05, 0.1) is 11.3 Å². The minimum Gasteiger partial charge on any atom is -0.478 e. The molecule has 1 saturated heterocycles. The maximum Gasteiger partial charge on any atom is 0.337 e. The SMILES string of the molecule is CC(CNc1cc(Cl)ccc1C(=O)O)CN1CCCC1. The van der Waals surface area contributed by atoms with Gasteiger partial charge in [-0.15, -0.1) is 0 Å². The maximum absolute atomic E-state index is 11.2. The third-order valence-electron chi connectivity index (χ3n) is 3.62. The minimum absolute atomic E-state index is 0.266. The Labute approximate surface area is 124 Å². The zero-order valence-electron chi connectivity index (χ0n) is 11.7. The predicted molar refractivity (Wildman–Crippen MR) is 81.7 cm³/mol. The van der Waals surface area contributed by atoms with Crippen LogP contribution in [-0.4, -0.2) is 42.2 Å². The van der Waals surface area contributed by atoms with Gasteiger partial charge in [0.1, 0.15) is 0 Å². The number of hydrogen-bond donors (Lipinski definition) is 2. The molecule has 4 nitrogen and oxygen atoms in total. The summed E-state index contributed by atoms with van der Waals surface area (Å²) < 4.78 is 0. The molecule has 0 saturated carbocycles. The number of rotatable bonds is 6. The second-order valence-corrected chi connectivity index (χ2v) is 5.93. The van der Waals surface area contributed by atoms with Gasteiger partial charge in [0, 0.05) is 18.1 Å². The van der Waals surface area contributed by atoms with Crippen molar-refractivity contribution in [3.05, 3.63) is 28.8 Å². The molecule has 0 aromatic heterocycles. The third kappa shape index (κ3) is 4.12. The summed E-state index contributed by atoms with van der Waals surface area (Å²) in [5, 5.41) is 12.9. The number of carbonyl (C=O) groups is 1. The molecular formula is C15H21ClN2O2. The van der Waals surface area contributed by atoms with Crippen molar-refractivity contribution >= 4 is 23.3 Å². The Kier molecular flexibility index (Phi) is 5.26. The van der Waals surface area contributed by atoms with Crippen LogP contribution in [0.4, 0.5) is 5.69 Å². The minimum atomic E-state index is -0.934. The quantitative estimate of drug-likeness (QED) is 0.846. The lowest BCUT2D eigenvalue weighted by atomic mass is 10.1. The van der Waals surface area contributed by atoms with Crippen LogP contribution in [0.1, 0.15) is 30.1 Å². The number of anilines is 1. The number of carboxylic acid groups (broad SMARTS) is 1. The first-order chi connectivity index (χ1) is 9.56. The van der Waals surface area contributed by atoms with Gasteiger partial charge in [-0.1, -0.05) is 18.5 Å². The van der Waals surface area contributed by atoms with E-state index in [1.54, 1.807) is 12.1 Å². The van der Waals surface area contributed by atoms with Crippen molar-refractivity contribution in [3.63, 3.8) is 0 Å². The van der Waals surface area contributed by atoms with E-state index < -0.39 is 5.97 Å². The molecule has 2 N–H and O–H groups in total. The van der Waals surface area contributed by atoms with E-state index in [-0.39, 0.29) is 5.56 Å². The van der Waals surface area contributed by atoms with Crippen molar-refractivity contribution in [2.45, 2.75) is 19.8 Å². The lowest BCUT2D eigenvalue weighted by Gasteiger charge is -2.21. The van der Waals surface area contributed by atoms with Gasteiger partial charge < -0.3 is 15.3 Å². The van der Waals surface area contributed by atoms with Crippen LogP contribution in [0.2, 0.25) is 5.02 Å². The fourth-order valence-electron chi connectivity index (χ4n) is 2.60. The van der Waals surface area contributed by atoms with Crippen molar-refractivity contribution in [1.29, 1.82) is 0 Å². The van der Waals surface area contributed by atoms with Gasteiger partial charge in [0.15, 0.2) is 0 Å². The van der Waals surface area contributed by atoms with Gasteiger partial charge in [0.25, 0.3) is 0 Å². The van der Waals surface area contributed by atoms with Crippen molar-refractivity contribution in [3.8, 4) is 0 Å². The summed E-state index contributed by atoms with van der Waals surface area (Å²) in [5.74, 6) is -0.468. The van der Waals surface area contributed by atoms with E-state index in [9.17, 15) is 4.79 Å². The van der Waals surface area contributed by atoms with E-state index in [4.69, 9.17) is 16.7 Å². The molecule has 20 heavy (non-hydrogen) atoms. The number of halogens is 1. The molecule has 0 aliphatic carbocycles. The zero-order chi connectivity index (χ0) is 14.5. The molecule has 1 aliphatic heterocycles. The molecule has 1 aromatic carbocycles. The van der Waals surface area contributed by atoms with Gasteiger partial charge in [-0.2, -0.15) is 0 Å². The fraction of sp³-hybridized carbons (Fsp3) is 0.533. The average Bonchev–Trinajstić information content (AvgIpc) is 2.89. The third-order valence-corrected chi connectivity index (χ3v) is 3.86. The van der Waals surface area contributed by atoms with Gasteiger partial charge in [-0.25, -0.2) is 4.79 Å². The number of benzene rings is 1. The normalized spacial score (nSPS) is 17.1. The van der Waals surface area contributed by atoms with Gasteiger partial charge in [-0.05, 0) is 50.0 Å². The molecule has 1 atom stereocenters. The van der Waals surface area contributed by atoms with Crippen molar-refractivity contribution in [2.24, 2.45) is 5.92 Å². The molecule has 1 fully saturated rings. The maximum atomic E-state index is 11.2. The number of likely N-dealkylation sites (tertiary alicyclic amines) is 1. The molecule has 0 radical (unpaired) electrons. The molecule has 0 amide bonds. The molecule has 1 unspecified atom stereocenters. The van der Waals surface area contributed by atoms with Crippen LogP contribution in [0.25, 0.3) is 0 Å². The second kappa shape index (κ2) is 6.95. The predicted octanol–water partition coefficient (Wildman–Crippen LogP) is 3.18. The Bertz CT molecular complexity index is 473. The highest BCUT2D eigenvalue weighted by Crippen LogP contribution is 2.21. The van der Waals surface area contributed by atoms with Crippen LogP contribution in [-0.2, 0) is 0 Å². The van der Waals surface area contributed by atoms with Crippen LogP contribution in [0.5, 0.6) is 0 Å². The largest absolute Gasteiger partial charge is 0.478 e. The summed E-state index contributed by atoms with van der Waals surface area (Å²) in [6, 6.07) is 4.82. The molecule has 2 rings (SSSR count). The van der Waals surface area contributed by atoms with Crippen molar-refractivity contribution in [1.82, 2.24) is 4.90 Å². The highest BCUT2D eigenvalue weighted by Gasteiger charge is 2.15. The Morgan fingerprint density at radius 1 is 1.45 bits per heavy atom. The van der Waals surface area contributed by atoms with Crippen LogP contribution >= 0.6 is 11.6 Å². The van der Waals surface area contributed by atoms with Crippen LogP contribution in [0.3, 0.4) is 0 Å².